The van der Waals surface area contributed by atoms with E-state index in [4.69, 9.17) is 4.74 Å². The molecule has 7 heteroatoms. The number of carbonyl (C=O) groups excluding carboxylic acids is 2. The Kier molecular flexibility index (Phi) is 6.75. The summed E-state index contributed by atoms with van der Waals surface area (Å²) in [5.41, 5.74) is 4.71. The molecule has 7 nitrogen and oxygen atoms in total. The fourth-order valence-corrected chi connectivity index (χ4v) is 6.10. The summed E-state index contributed by atoms with van der Waals surface area (Å²) in [7, 11) is 0. The number of rotatable bonds is 6. The van der Waals surface area contributed by atoms with Gasteiger partial charge in [-0.25, -0.2) is 9.59 Å². The van der Waals surface area contributed by atoms with Gasteiger partial charge in [0, 0.05) is 24.9 Å². The second kappa shape index (κ2) is 10.1. The van der Waals surface area contributed by atoms with Crippen molar-refractivity contribution in [2.75, 3.05) is 13.2 Å². The quantitative estimate of drug-likeness (QED) is 0.638. The van der Waals surface area contributed by atoms with Gasteiger partial charge in [-0.05, 0) is 53.9 Å². The number of ether oxygens (including phenoxy) is 1. The van der Waals surface area contributed by atoms with Crippen LogP contribution in [0.5, 0.6) is 0 Å². The zero-order chi connectivity index (χ0) is 24.4. The van der Waals surface area contributed by atoms with Crippen molar-refractivity contribution in [2.45, 2.75) is 62.9 Å². The second-order valence-electron chi connectivity index (χ2n) is 9.91. The van der Waals surface area contributed by atoms with E-state index in [-0.39, 0.29) is 36.8 Å². The van der Waals surface area contributed by atoms with Gasteiger partial charge in [0.05, 0.1) is 0 Å². The molecule has 0 aromatic heterocycles. The average Bonchev–Trinajstić information content (AvgIpc) is 3.48. The molecule has 1 saturated carbocycles. The van der Waals surface area contributed by atoms with Crippen molar-refractivity contribution >= 4 is 18.0 Å². The van der Waals surface area contributed by atoms with Gasteiger partial charge in [-0.1, -0.05) is 61.4 Å². The molecule has 3 atom stereocenters. The van der Waals surface area contributed by atoms with E-state index in [2.05, 4.69) is 29.6 Å². The highest BCUT2D eigenvalue weighted by atomic mass is 16.5. The second-order valence-corrected chi connectivity index (χ2v) is 9.91. The number of alkyl carbamates (subject to hydrolysis) is 1. The summed E-state index contributed by atoms with van der Waals surface area (Å²) >= 11 is 0. The molecule has 2 aromatic carbocycles. The van der Waals surface area contributed by atoms with Crippen molar-refractivity contribution in [3.63, 3.8) is 0 Å². The lowest BCUT2D eigenvalue weighted by atomic mass is 9.82. The Hall–Kier alpha value is -3.35. The standard InChI is InChI=1S/C28H32N2O5/c31-26(30-15-7-14-25(30)27(32)33)16-18-8-1-6-13-24(18)29-28(34)35-17-23-21-11-4-2-9-19(21)20-10-3-5-12-22(20)23/h2-5,9-12,18,23-25H,1,6-8,13-17H2,(H,29,34)(H,32,33)/t18-,24-,25+/m0/s1. The molecule has 1 saturated heterocycles. The Morgan fingerprint density at radius 1 is 0.914 bits per heavy atom. The van der Waals surface area contributed by atoms with Crippen molar-refractivity contribution in [1.29, 1.82) is 0 Å². The van der Waals surface area contributed by atoms with Gasteiger partial charge in [0.25, 0.3) is 0 Å². The number of amides is 2. The molecule has 2 N–H and O–H groups in total. The summed E-state index contributed by atoms with van der Waals surface area (Å²) in [5, 5.41) is 12.4. The topological polar surface area (TPSA) is 95.9 Å². The fraction of sp³-hybridized carbons (Fsp3) is 0.464. The molecule has 2 fully saturated rings. The summed E-state index contributed by atoms with van der Waals surface area (Å²) in [5.74, 6) is -1.07. The van der Waals surface area contributed by atoms with Crippen LogP contribution in [0.15, 0.2) is 48.5 Å². The number of hydrogen-bond acceptors (Lipinski definition) is 4. The molecule has 0 radical (unpaired) electrons. The first kappa shape index (κ1) is 23.4. The van der Waals surface area contributed by atoms with Crippen LogP contribution in [-0.2, 0) is 14.3 Å². The molecule has 1 heterocycles. The number of carbonyl (C=O) groups is 3. The normalized spacial score (nSPS) is 23.4. The van der Waals surface area contributed by atoms with Crippen LogP contribution < -0.4 is 5.32 Å². The number of hydrogen-bond donors (Lipinski definition) is 2. The monoisotopic (exact) mass is 476 g/mol. The molecule has 0 spiro atoms. The van der Waals surface area contributed by atoms with Crippen LogP contribution in [0.2, 0.25) is 0 Å². The van der Waals surface area contributed by atoms with E-state index in [1.165, 1.54) is 27.2 Å². The SMILES string of the molecule is O=C(N[C@H]1CCCC[C@H]1CC(=O)N1CCC[C@@H]1C(=O)O)OCC1c2ccccc2-c2ccccc21. The van der Waals surface area contributed by atoms with Crippen LogP contribution in [-0.4, -0.2) is 53.2 Å². The molecule has 2 amide bonds. The van der Waals surface area contributed by atoms with E-state index in [9.17, 15) is 19.5 Å². The van der Waals surface area contributed by atoms with E-state index < -0.39 is 18.1 Å². The molecule has 0 unspecified atom stereocenters. The van der Waals surface area contributed by atoms with Crippen molar-refractivity contribution in [2.24, 2.45) is 5.92 Å². The minimum atomic E-state index is -0.937. The zero-order valence-electron chi connectivity index (χ0n) is 19.8. The van der Waals surface area contributed by atoms with Gasteiger partial charge in [-0.2, -0.15) is 0 Å². The highest BCUT2D eigenvalue weighted by Crippen LogP contribution is 2.44. The Morgan fingerprint density at radius 2 is 1.57 bits per heavy atom. The summed E-state index contributed by atoms with van der Waals surface area (Å²) < 4.78 is 5.72. The van der Waals surface area contributed by atoms with Gasteiger partial charge < -0.3 is 20.1 Å². The molecule has 1 aliphatic heterocycles. The number of fused-ring (bicyclic) bond motifs is 3. The van der Waals surface area contributed by atoms with Crippen LogP contribution in [0.25, 0.3) is 11.1 Å². The minimum Gasteiger partial charge on any atom is -0.480 e. The number of carboxylic acid groups (broad SMARTS) is 1. The van der Waals surface area contributed by atoms with Crippen molar-refractivity contribution in [3.8, 4) is 11.1 Å². The molecule has 5 rings (SSSR count). The van der Waals surface area contributed by atoms with Gasteiger partial charge in [-0.15, -0.1) is 0 Å². The predicted octanol–water partition coefficient (Wildman–Crippen LogP) is 4.55. The smallest absolute Gasteiger partial charge is 0.407 e. The number of nitrogens with one attached hydrogen (secondary N) is 1. The van der Waals surface area contributed by atoms with Crippen molar-refractivity contribution in [3.05, 3.63) is 59.7 Å². The molecule has 184 valence electrons. The lowest BCUT2D eigenvalue weighted by Gasteiger charge is -2.33. The van der Waals surface area contributed by atoms with Crippen LogP contribution in [0.3, 0.4) is 0 Å². The van der Waals surface area contributed by atoms with Gasteiger partial charge in [-0.3, -0.25) is 4.79 Å². The third-order valence-corrected chi connectivity index (χ3v) is 7.85. The highest BCUT2D eigenvalue weighted by molar-refractivity contribution is 5.84. The summed E-state index contributed by atoms with van der Waals surface area (Å²) in [6.07, 6.45) is 4.65. The molecule has 0 bridgehead atoms. The molecule has 35 heavy (non-hydrogen) atoms. The Morgan fingerprint density at radius 3 is 2.26 bits per heavy atom. The molecular weight excluding hydrogens is 444 g/mol. The van der Waals surface area contributed by atoms with E-state index in [1.807, 2.05) is 24.3 Å². The Labute approximate surface area is 205 Å². The number of carboxylic acids is 1. The predicted molar refractivity (Wildman–Crippen MR) is 131 cm³/mol. The van der Waals surface area contributed by atoms with Gasteiger partial charge in [0.1, 0.15) is 12.6 Å². The number of likely N-dealkylation sites (tertiary alicyclic amines) is 1. The van der Waals surface area contributed by atoms with Crippen molar-refractivity contribution < 1.29 is 24.2 Å². The number of nitrogens with zero attached hydrogens (tertiary/aromatic N) is 1. The van der Waals surface area contributed by atoms with E-state index in [0.717, 1.165) is 32.1 Å². The van der Waals surface area contributed by atoms with Crippen LogP contribution in [0.4, 0.5) is 4.79 Å². The molecule has 2 aromatic rings. The average molecular weight is 477 g/mol. The first-order valence-electron chi connectivity index (χ1n) is 12.7. The first-order valence-corrected chi connectivity index (χ1v) is 12.7. The largest absolute Gasteiger partial charge is 0.480 e. The summed E-state index contributed by atoms with van der Waals surface area (Å²) in [6.45, 7) is 0.747. The third-order valence-electron chi connectivity index (χ3n) is 7.85. The zero-order valence-corrected chi connectivity index (χ0v) is 19.8. The third kappa shape index (κ3) is 4.77. The van der Waals surface area contributed by atoms with Crippen molar-refractivity contribution in [1.82, 2.24) is 10.2 Å². The molecular formula is C28H32N2O5. The molecule has 3 aliphatic rings. The fourth-order valence-electron chi connectivity index (χ4n) is 6.10. The van der Waals surface area contributed by atoms with Gasteiger partial charge >= 0.3 is 12.1 Å². The van der Waals surface area contributed by atoms with E-state index >= 15 is 0 Å². The maximum Gasteiger partial charge on any atom is 0.407 e. The number of benzene rings is 2. The van der Waals surface area contributed by atoms with Crippen LogP contribution in [0, 0.1) is 5.92 Å². The highest BCUT2D eigenvalue weighted by Gasteiger charge is 2.37. The maximum atomic E-state index is 12.9. The summed E-state index contributed by atoms with van der Waals surface area (Å²) in [4.78, 5) is 38.7. The van der Waals surface area contributed by atoms with Gasteiger partial charge in [0.2, 0.25) is 5.91 Å². The van der Waals surface area contributed by atoms with E-state index in [0.29, 0.717) is 13.0 Å². The van der Waals surface area contributed by atoms with Gasteiger partial charge in [0.15, 0.2) is 0 Å². The lowest BCUT2D eigenvalue weighted by Crippen LogP contribution is -2.46. The van der Waals surface area contributed by atoms with Crippen LogP contribution >= 0.6 is 0 Å². The summed E-state index contributed by atoms with van der Waals surface area (Å²) in [6, 6.07) is 15.6. The van der Waals surface area contributed by atoms with E-state index in [1.54, 1.807) is 0 Å². The Balaban J connectivity index is 1.20. The van der Waals surface area contributed by atoms with Crippen LogP contribution in [0.1, 0.15) is 62.0 Å². The number of aliphatic carboxylic acids is 1. The lowest BCUT2D eigenvalue weighted by molar-refractivity contribution is -0.148. The Bertz CT molecular complexity index is 1070. The first-order chi connectivity index (χ1) is 17.0. The maximum absolute atomic E-state index is 12.9. The molecule has 2 aliphatic carbocycles. The minimum absolute atomic E-state index is 0.000000687.